The van der Waals surface area contributed by atoms with Crippen molar-refractivity contribution >= 4 is 33.4 Å². The SMILES string of the molecule is CCN(CC)S(=O)(=O)c1ccc(CNC(=O)[C@H](C)NC(=O)c2ccccc2Cl)cc1. The van der Waals surface area contributed by atoms with Crippen molar-refractivity contribution in [1.29, 1.82) is 0 Å². The molecule has 0 spiro atoms. The number of nitrogens with one attached hydrogen (secondary N) is 2. The quantitative estimate of drug-likeness (QED) is 0.612. The molecular formula is C21H26ClN3O4S. The van der Waals surface area contributed by atoms with Gasteiger partial charge in [0, 0.05) is 19.6 Å². The average molecular weight is 452 g/mol. The van der Waals surface area contributed by atoms with E-state index in [1.54, 1.807) is 57.2 Å². The van der Waals surface area contributed by atoms with Crippen LogP contribution in [-0.2, 0) is 21.4 Å². The molecule has 162 valence electrons. The van der Waals surface area contributed by atoms with Gasteiger partial charge in [-0.05, 0) is 36.8 Å². The largest absolute Gasteiger partial charge is 0.350 e. The van der Waals surface area contributed by atoms with E-state index in [1.807, 2.05) is 0 Å². The lowest BCUT2D eigenvalue weighted by molar-refractivity contribution is -0.122. The highest BCUT2D eigenvalue weighted by molar-refractivity contribution is 7.89. The van der Waals surface area contributed by atoms with Gasteiger partial charge in [-0.25, -0.2) is 8.42 Å². The molecule has 0 saturated carbocycles. The lowest BCUT2D eigenvalue weighted by atomic mass is 10.2. The third-order valence-corrected chi connectivity index (χ3v) is 6.99. The van der Waals surface area contributed by atoms with Crippen molar-refractivity contribution in [3.8, 4) is 0 Å². The summed E-state index contributed by atoms with van der Waals surface area (Å²) < 4.78 is 26.4. The minimum Gasteiger partial charge on any atom is -0.350 e. The number of hydrogen-bond acceptors (Lipinski definition) is 4. The molecule has 0 fully saturated rings. The van der Waals surface area contributed by atoms with E-state index in [9.17, 15) is 18.0 Å². The van der Waals surface area contributed by atoms with Gasteiger partial charge >= 0.3 is 0 Å². The van der Waals surface area contributed by atoms with Crippen LogP contribution in [0, 0.1) is 0 Å². The van der Waals surface area contributed by atoms with Gasteiger partial charge in [0.25, 0.3) is 5.91 Å². The monoisotopic (exact) mass is 451 g/mol. The molecule has 2 aromatic rings. The summed E-state index contributed by atoms with van der Waals surface area (Å²) in [5, 5.41) is 5.64. The predicted octanol–water partition coefficient (Wildman–Crippen LogP) is 2.81. The van der Waals surface area contributed by atoms with Gasteiger partial charge in [-0.2, -0.15) is 4.31 Å². The number of sulfonamides is 1. The molecule has 2 rings (SSSR count). The molecule has 0 aromatic heterocycles. The van der Waals surface area contributed by atoms with Gasteiger partial charge in [-0.3, -0.25) is 9.59 Å². The molecular weight excluding hydrogens is 426 g/mol. The molecule has 0 aliphatic heterocycles. The molecule has 1 atom stereocenters. The Morgan fingerprint density at radius 3 is 2.20 bits per heavy atom. The molecule has 0 unspecified atom stereocenters. The molecule has 2 aromatic carbocycles. The standard InChI is InChI=1S/C21H26ClN3O4S/c1-4-25(5-2)30(28,29)17-12-10-16(11-13-17)14-23-20(26)15(3)24-21(27)18-8-6-7-9-19(18)22/h6-13,15H,4-5,14H2,1-3H3,(H,23,26)(H,24,27)/t15-/m0/s1. The predicted molar refractivity (Wildman–Crippen MR) is 117 cm³/mol. The second-order valence-corrected chi connectivity index (χ2v) is 8.97. The summed E-state index contributed by atoms with van der Waals surface area (Å²) in [5.74, 6) is -0.801. The molecule has 2 amide bonds. The maximum Gasteiger partial charge on any atom is 0.253 e. The minimum absolute atomic E-state index is 0.205. The Morgan fingerprint density at radius 2 is 1.63 bits per heavy atom. The summed E-state index contributed by atoms with van der Waals surface area (Å²) >= 11 is 6.00. The lowest BCUT2D eigenvalue weighted by Gasteiger charge is -2.18. The minimum atomic E-state index is -3.52. The molecule has 2 N–H and O–H groups in total. The number of hydrogen-bond donors (Lipinski definition) is 2. The second-order valence-electron chi connectivity index (χ2n) is 6.63. The first kappa shape index (κ1) is 23.9. The number of carbonyl (C=O) groups excluding carboxylic acids is 2. The van der Waals surface area contributed by atoms with E-state index in [4.69, 9.17) is 11.6 Å². The Morgan fingerprint density at radius 1 is 1.03 bits per heavy atom. The van der Waals surface area contributed by atoms with Crippen molar-refractivity contribution in [3.63, 3.8) is 0 Å². The summed E-state index contributed by atoms with van der Waals surface area (Å²) in [6.07, 6.45) is 0. The maximum atomic E-state index is 12.5. The van der Waals surface area contributed by atoms with Crippen LogP contribution in [0.1, 0.15) is 36.7 Å². The smallest absolute Gasteiger partial charge is 0.253 e. The average Bonchev–Trinajstić information content (AvgIpc) is 2.73. The third-order valence-electron chi connectivity index (χ3n) is 4.59. The van der Waals surface area contributed by atoms with E-state index in [-0.39, 0.29) is 17.3 Å². The lowest BCUT2D eigenvalue weighted by Crippen LogP contribution is -2.44. The number of amides is 2. The van der Waals surface area contributed by atoms with Gasteiger partial charge in [0.15, 0.2) is 0 Å². The topological polar surface area (TPSA) is 95.6 Å². The van der Waals surface area contributed by atoms with Crippen LogP contribution in [0.25, 0.3) is 0 Å². The van der Waals surface area contributed by atoms with Crippen LogP contribution in [0.4, 0.5) is 0 Å². The fraction of sp³-hybridized carbons (Fsp3) is 0.333. The van der Waals surface area contributed by atoms with E-state index in [1.165, 1.54) is 16.4 Å². The van der Waals surface area contributed by atoms with Crippen molar-refractivity contribution in [1.82, 2.24) is 14.9 Å². The molecule has 0 radical (unpaired) electrons. The van der Waals surface area contributed by atoms with Crippen molar-refractivity contribution in [2.75, 3.05) is 13.1 Å². The normalized spacial score (nSPS) is 12.4. The number of carbonyl (C=O) groups is 2. The number of rotatable bonds is 9. The zero-order chi connectivity index (χ0) is 22.3. The van der Waals surface area contributed by atoms with Crippen molar-refractivity contribution < 1.29 is 18.0 Å². The molecule has 9 heteroatoms. The molecule has 30 heavy (non-hydrogen) atoms. The highest BCUT2D eigenvalue weighted by Crippen LogP contribution is 2.16. The van der Waals surface area contributed by atoms with Gasteiger partial charge in [-0.1, -0.05) is 49.7 Å². The van der Waals surface area contributed by atoms with Crippen molar-refractivity contribution in [2.24, 2.45) is 0 Å². The van der Waals surface area contributed by atoms with Gasteiger partial charge in [0.2, 0.25) is 15.9 Å². The molecule has 0 aliphatic carbocycles. The second kappa shape index (κ2) is 10.6. The maximum absolute atomic E-state index is 12.5. The summed E-state index contributed by atoms with van der Waals surface area (Å²) in [4.78, 5) is 24.8. The Labute approximate surface area is 182 Å². The Hall–Kier alpha value is -2.42. The first-order chi connectivity index (χ1) is 14.2. The van der Waals surface area contributed by atoms with Crippen LogP contribution in [0.2, 0.25) is 5.02 Å². The van der Waals surface area contributed by atoms with E-state index >= 15 is 0 Å². The zero-order valence-electron chi connectivity index (χ0n) is 17.2. The van der Waals surface area contributed by atoms with E-state index in [0.29, 0.717) is 23.7 Å². The van der Waals surface area contributed by atoms with Crippen LogP contribution in [-0.4, -0.2) is 43.7 Å². The zero-order valence-corrected chi connectivity index (χ0v) is 18.8. The first-order valence-electron chi connectivity index (χ1n) is 9.62. The molecule has 0 heterocycles. The van der Waals surface area contributed by atoms with Crippen LogP contribution in [0.3, 0.4) is 0 Å². The number of nitrogens with zero attached hydrogens (tertiary/aromatic N) is 1. The van der Waals surface area contributed by atoms with E-state index < -0.39 is 22.0 Å². The molecule has 0 bridgehead atoms. The first-order valence-corrected chi connectivity index (χ1v) is 11.4. The Bertz CT molecular complexity index is 990. The summed E-state index contributed by atoms with van der Waals surface area (Å²) in [5.41, 5.74) is 1.04. The van der Waals surface area contributed by atoms with Gasteiger partial charge in [0.05, 0.1) is 15.5 Å². The fourth-order valence-corrected chi connectivity index (χ4v) is 4.50. The molecule has 0 saturated heterocycles. The number of halogens is 1. The van der Waals surface area contributed by atoms with Gasteiger partial charge in [0.1, 0.15) is 6.04 Å². The fourth-order valence-electron chi connectivity index (χ4n) is 2.82. The highest BCUT2D eigenvalue weighted by Gasteiger charge is 2.21. The summed E-state index contributed by atoms with van der Waals surface area (Å²) in [6, 6.07) is 12.2. The molecule has 7 nitrogen and oxygen atoms in total. The van der Waals surface area contributed by atoms with Gasteiger partial charge in [-0.15, -0.1) is 0 Å². The Balaban J connectivity index is 1.94. The van der Waals surface area contributed by atoms with Crippen LogP contribution in [0.5, 0.6) is 0 Å². The highest BCUT2D eigenvalue weighted by atomic mass is 35.5. The molecule has 0 aliphatic rings. The summed E-state index contributed by atoms with van der Waals surface area (Å²) in [6.45, 7) is 6.15. The summed E-state index contributed by atoms with van der Waals surface area (Å²) in [7, 11) is -3.52. The van der Waals surface area contributed by atoms with Crippen LogP contribution in [0.15, 0.2) is 53.4 Å². The van der Waals surface area contributed by atoms with E-state index in [0.717, 1.165) is 5.56 Å². The van der Waals surface area contributed by atoms with Crippen LogP contribution < -0.4 is 10.6 Å². The van der Waals surface area contributed by atoms with Gasteiger partial charge < -0.3 is 10.6 Å². The third kappa shape index (κ3) is 5.81. The Kier molecular flexibility index (Phi) is 8.40. The van der Waals surface area contributed by atoms with Crippen LogP contribution >= 0.6 is 11.6 Å². The van der Waals surface area contributed by atoms with Crippen molar-refractivity contribution in [3.05, 3.63) is 64.7 Å². The van der Waals surface area contributed by atoms with E-state index in [2.05, 4.69) is 10.6 Å². The number of benzene rings is 2. The van der Waals surface area contributed by atoms with Crippen molar-refractivity contribution in [2.45, 2.75) is 38.3 Å².